The van der Waals surface area contributed by atoms with Crippen LogP contribution in [0.3, 0.4) is 0 Å². The maximum absolute atomic E-state index is 12.0. The van der Waals surface area contributed by atoms with Crippen LogP contribution in [0.2, 0.25) is 0 Å². The normalized spacial score (nSPS) is 14.8. The first-order valence-electron chi connectivity index (χ1n) is 5.40. The number of hydrogen-bond donors (Lipinski definition) is 0. The minimum Gasteiger partial charge on any atom is -0.311 e. The number of carbonyl (C=O) groups excluding carboxylic acids is 2. The van der Waals surface area contributed by atoms with Crippen LogP contribution in [0.15, 0.2) is 36.9 Å². The Balaban J connectivity index is 2.33. The number of urea groups is 1. The molecule has 1 aromatic rings. The summed E-state index contributed by atoms with van der Waals surface area (Å²) < 4.78 is 0. The Bertz CT molecular complexity index is 560. The third-order valence-corrected chi connectivity index (χ3v) is 2.62. The summed E-state index contributed by atoms with van der Waals surface area (Å²) >= 11 is 0. The zero-order valence-corrected chi connectivity index (χ0v) is 9.67. The molecule has 0 atom stereocenters. The van der Waals surface area contributed by atoms with Crippen molar-refractivity contribution in [1.82, 2.24) is 4.90 Å². The van der Waals surface area contributed by atoms with Gasteiger partial charge in [-0.05, 0) is 18.2 Å². The van der Waals surface area contributed by atoms with Crippen molar-refractivity contribution in [2.75, 3.05) is 18.0 Å². The highest BCUT2D eigenvalue weighted by Gasteiger charge is 2.36. The number of amides is 3. The summed E-state index contributed by atoms with van der Waals surface area (Å²) in [5, 5.41) is 8.81. The third kappa shape index (κ3) is 1.96. The van der Waals surface area contributed by atoms with Crippen molar-refractivity contribution < 1.29 is 9.59 Å². The second-order valence-corrected chi connectivity index (χ2v) is 3.84. The molecule has 1 heterocycles. The molecule has 1 aliphatic heterocycles. The second-order valence-electron chi connectivity index (χ2n) is 3.84. The van der Waals surface area contributed by atoms with Crippen molar-refractivity contribution in [3.8, 4) is 6.07 Å². The standard InChI is InChI=1S/C13H11N3O2/c1-2-6-15-9-12(17)16(13(15)18)11-5-3-4-10(7-11)8-14/h2-5,7H,1,6,9H2. The Hall–Kier alpha value is -2.61. The third-order valence-electron chi connectivity index (χ3n) is 2.62. The molecule has 3 amide bonds. The van der Waals surface area contributed by atoms with Crippen LogP contribution < -0.4 is 4.90 Å². The van der Waals surface area contributed by atoms with Crippen LogP contribution in [-0.4, -0.2) is 29.9 Å². The molecule has 0 bridgehead atoms. The van der Waals surface area contributed by atoms with E-state index in [0.717, 1.165) is 4.90 Å². The van der Waals surface area contributed by atoms with Crippen molar-refractivity contribution in [3.05, 3.63) is 42.5 Å². The summed E-state index contributed by atoms with van der Waals surface area (Å²) in [6.45, 7) is 3.92. The van der Waals surface area contributed by atoms with Crippen LogP contribution in [0.1, 0.15) is 5.56 Å². The minimum atomic E-state index is -0.380. The fourth-order valence-electron chi connectivity index (χ4n) is 1.82. The lowest BCUT2D eigenvalue weighted by atomic mass is 10.2. The van der Waals surface area contributed by atoms with Crippen molar-refractivity contribution in [3.63, 3.8) is 0 Å². The van der Waals surface area contributed by atoms with Gasteiger partial charge in [0.15, 0.2) is 0 Å². The highest BCUT2D eigenvalue weighted by Crippen LogP contribution is 2.22. The Morgan fingerprint density at radius 2 is 2.22 bits per heavy atom. The number of imide groups is 1. The summed E-state index contributed by atoms with van der Waals surface area (Å²) in [4.78, 5) is 26.3. The van der Waals surface area contributed by atoms with Gasteiger partial charge in [0.2, 0.25) is 0 Å². The molecule has 0 aliphatic carbocycles. The lowest BCUT2D eigenvalue weighted by Crippen LogP contribution is -2.33. The van der Waals surface area contributed by atoms with E-state index in [9.17, 15) is 9.59 Å². The van der Waals surface area contributed by atoms with Gasteiger partial charge in [0.25, 0.3) is 5.91 Å². The van der Waals surface area contributed by atoms with E-state index >= 15 is 0 Å². The van der Waals surface area contributed by atoms with Crippen LogP contribution in [-0.2, 0) is 4.79 Å². The molecule has 5 nitrogen and oxygen atoms in total. The highest BCUT2D eigenvalue weighted by molar-refractivity contribution is 6.19. The number of anilines is 1. The monoisotopic (exact) mass is 241 g/mol. The number of nitrogens with zero attached hydrogens (tertiary/aromatic N) is 3. The van der Waals surface area contributed by atoms with E-state index < -0.39 is 0 Å². The number of nitriles is 1. The maximum Gasteiger partial charge on any atom is 0.332 e. The fourth-order valence-corrected chi connectivity index (χ4v) is 1.82. The van der Waals surface area contributed by atoms with Gasteiger partial charge in [-0.2, -0.15) is 5.26 Å². The van der Waals surface area contributed by atoms with Crippen molar-refractivity contribution in [2.24, 2.45) is 0 Å². The number of carbonyl (C=O) groups is 2. The predicted octanol–water partition coefficient (Wildman–Crippen LogP) is 1.51. The summed E-state index contributed by atoms with van der Waals surface area (Å²) in [6.07, 6.45) is 1.57. The molecule has 0 saturated carbocycles. The Morgan fingerprint density at radius 3 is 2.89 bits per heavy atom. The number of benzene rings is 1. The quantitative estimate of drug-likeness (QED) is 0.595. The molecule has 90 valence electrons. The molecule has 1 saturated heterocycles. The molecule has 0 spiro atoms. The predicted molar refractivity (Wildman–Crippen MR) is 65.8 cm³/mol. The Labute approximate surface area is 105 Å². The number of hydrogen-bond acceptors (Lipinski definition) is 3. The molecule has 0 N–H and O–H groups in total. The average Bonchev–Trinajstić information content (AvgIpc) is 2.65. The molecule has 2 rings (SSSR count). The first-order chi connectivity index (χ1) is 8.67. The van der Waals surface area contributed by atoms with Crippen molar-refractivity contribution >= 4 is 17.6 Å². The summed E-state index contributed by atoms with van der Waals surface area (Å²) in [7, 11) is 0. The van der Waals surface area contributed by atoms with Gasteiger partial charge in [-0.1, -0.05) is 12.1 Å². The van der Waals surface area contributed by atoms with Crippen LogP contribution in [0.5, 0.6) is 0 Å². The first kappa shape index (κ1) is 11.9. The summed E-state index contributed by atoms with van der Waals surface area (Å²) in [5.41, 5.74) is 0.839. The highest BCUT2D eigenvalue weighted by atomic mass is 16.2. The molecular weight excluding hydrogens is 230 g/mol. The van der Waals surface area contributed by atoms with Gasteiger partial charge >= 0.3 is 6.03 Å². The van der Waals surface area contributed by atoms with E-state index in [2.05, 4.69) is 6.58 Å². The second kappa shape index (κ2) is 4.72. The van der Waals surface area contributed by atoms with Gasteiger partial charge in [-0.3, -0.25) is 4.79 Å². The van der Waals surface area contributed by atoms with E-state index in [1.807, 2.05) is 6.07 Å². The fraction of sp³-hybridized carbons (Fsp3) is 0.154. The smallest absolute Gasteiger partial charge is 0.311 e. The molecule has 1 aromatic carbocycles. The average molecular weight is 241 g/mol. The van der Waals surface area contributed by atoms with E-state index in [1.165, 1.54) is 11.0 Å². The lowest BCUT2D eigenvalue weighted by Gasteiger charge is -2.15. The molecule has 0 aromatic heterocycles. The van der Waals surface area contributed by atoms with Gasteiger partial charge < -0.3 is 4.90 Å². The zero-order chi connectivity index (χ0) is 13.1. The summed E-state index contributed by atoms with van der Waals surface area (Å²) in [5.74, 6) is -0.295. The van der Waals surface area contributed by atoms with E-state index in [0.29, 0.717) is 17.8 Å². The largest absolute Gasteiger partial charge is 0.332 e. The first-order valence-corrected chi connectivity index (χ1v) is 5.40. The van der Waals surface area contributed by atoms with Crippen LogP contribution >= 0.6 is 0 Å². The maximum atomic E-state index is 12.0. The lowest BCUT2D eigenvalue weighted by molar-refractivity contribution is -0.116. The van der Waals surface area contributed by atoms with E-state index in [-0.39, 0.29) is 18.5 Å². The molecule has 0 radical (unpaired) electrons. The van der Waals surface area contributed by atoms with Gasteiger partial charge in [0, 0.05) is 6.54 Å². The molecule has 1 fully saturated rings. The topological polar surface area (TPSA) is 64.4 Å². The molecule has 5 heteroatoms. The van der Waals surface area contributed by atoms with Gasteiger partial charge in [-0.15, -0.1) is 6.58 Å². The van der Waals surface area contributed by atoms with E-state index in [4.69, 9.17) is 5.26 Å². The van der Waals surface area contributed by atoms with Crippen molar-refractivity contribution in [2.45, 2.75) is 0 Å². The zero-order valence-electron chi connectivity index (χ0n) is 9.67. The molecule has 0 unspecified atom stereocenters. The SMILES string of the molecule is C=CCN1CC(=O)N(c2cccc(C#N)c2)C1=O. The minimum absolute atomic E-state index is 0.0433. The molecule has 18 heavy (non-hydrogen) atoms. The number of rotatable bonds is 3. The van der Waals surface area contributed by atoms with Gasteiger partial charge in [0.1, 0.15) is 6.54 Å². The summed E-state index contributed by atoms with van der Waals surface area (Å²) in [6, 6.07) is 8.02. The Morgan fingerprint density at radius 1 is 1.44 bits per heavy atom. The van der Waals surface area contributed by atoms with E-state index in [1.54, 1.807) is 24.3 Å². The van der Waals surface area contributed by atoms with Crippen molar-refractivity contribution in [1.29, 1.82) is 5.26 Å². The Kier molecular flexibility index (Phi) is 3.11. The van der Waals surface area contributed by atoms with Crippen LogP contribution in [0.25, 0.3) is 0 Å². The molecule has 1 aliphatic rings. The van der Waals surface area contributed by atoms with Crippen LogP contribution in [0, 0.1) is 11.3 Å². The van der Waals surface area contributed by atoms with Gasteiger partial charge in [0.05, 0.1) is 17.3 Å². The molecular formula is C13H11N3O2. The van der Waals surface area contributed by atoms with Gasteiger partial charge in [-0.25, -0.2) is 9.69 Å². The van der Waals surface area contributed by atoms with Crippen LogP contribution in [0.4, 0.5) is 10.5 Å².